The first-order valence-corrected chi connectivity index (χ1v) is 6.42. The summed E-state index contributed by atoms with van der Waals surface area (Å²) in [4.78, 5) is 13.4. The topological polar surface area (TPSA) is 49.8 Å². The molecule has 1 rings (SSSR count). The first kappa shape index (κ1) is 16.5. The summed E-state index contributed by atoms with van der Waals surface area (Å²) in [5.74, 6) is -0.225. The lowest BCUT2D eigenvalue weighted by molar-refractivity contribution is -0.133. The van der Waals surface area contributed by atoms with Crippen LogP contribution in [0.25, 0.3) is 0 Å². The number of alkyl halides is 2. The third kappa shape index (κ3) is 6.58. The Labute approximate surface area is 117 Å². The molecule has 0 bridgehead atoms. The highest BCUT2D eigenvalue weighted by molar-refractivity contribution is 5.76. The Bertz CT molecular complexity index is 387. The summed E-state index contributed by atoms with van der Waals surface area (Å²) in [5.41, 5.74) is 0.947. The van der Waals surface area contributed by atoms with E-state index in [-0.39, 0.29) is 32.1 Å². The average molecular weight is 287 g/mol. The maximum absolute atomic E-state index is 11.9. The molecule has 0 saturated carbocycles. The van der Waals surface area contributed by atoms with Gasteiger partial charge in [0.1, 0.15) is 6.61 Å². The molecule has 1 amide bonds. The first-order valence-electron chi connectivity index (χ1n) is 6.42. The molecule has 0 aromatic heterocycles. The van der Waals surface area contributed by atoms with E-state index in [1.54, 1.807) is 0 Å². The van der Waals surface area contributed by atoms with Gasteiger partial charge in [0.05, 0.1) is 19.6 Å². The van der Waals surface area contributed by atoms with E-state index < -0.39 is 13.0 Å². The molecule has 0 aliphatic heterocycles. The predicted octanol–water partition coefficient (Wildman–Crippen LogP) is 1.68. The van der Waals surface area contributed by atoms with Crippen LogP contribution in [0.3, 0.4) is 0 Å². The molecule has 0 radical (unpaired) electrons. The molecule has 0 aliphatic carbocycles. The summed E-state index contributed by atoms with van der Waals surface area (Å²) in [6, 6.07) is 9.36. The second-order valence-electron chi connectivity index (χ2n) is 4.24. The minimum atomic E-state index is -2.53. The summed E-state index contributed by atoms with van der Waals surface area (Å²) < 4.78 is 28.4. The van der Waals surface area contributed by atoms with Gasteiger partial charge in [0, 0.05) is 13.1 Å². The van der Waals surface area contributed by atoms with Gasteiger partial charge in [-0.1, -0.05) is 30.3 Å². The van der Waals surface area contributed by atoms with E-state index in [0.717, 1.165) is 5.56 Å². The van der Waals surface area contributed by atoms with Gasteiger partial charge < -0.3 is 14.7 Å². The first-order chi connectivity index (χ1) is 9.63. The van der Waals surface area contributed by atoms with Crippen molar-refractivity contribution in [3.8, 4) is 0 Å². The van der Waals surface area contributed by atoms with Crippen LogP contribution >= 0.6 is 0 Å². The lowest BCUT2D eigenvalue weighted by Gasteiger charge is -2.22. The SMILES string of the molecule is O=C(CCOCC(F)F)N(CCO)Cc1ccccc1. The van der Waals surface area contributed by atoms with Crippen LogP contribution in [-0.4, -0.2) is 48.7 Å². The van der Waals surface area contributed by atoms with E-state index in [1.165, 1.54) is 4.90 Å². The normalized spacial score (nSPS) is 10.8. The van der Waals surface area contributed by atoms with Gasteiger partial charge in [-0.2, -0.15) is 0 Å². The number of hydrogen-bond acceptors (Lipinski definition) is 3. The van der Waals surface area contributed by atoms with Crippen molar-refractivity contribution in [2.75, 3.05) is 26.4 Å². The molecule has 0 fully saturated rings. The van der Waals surface area contributed by atoms with Gasteiger partial charge in [-0.15, -0.1) is 0 Å². The fourth-order valence-corrected chi connectivity index (χ4v) is 1.71. The molecule has 0 aliphatic rings. The van der Waals surface area contributed by atoms with Gasteiger partial charge >= 0.3 is 0 Å². The van der Waals surface area contributed by atoms with Gasteiger partial charge in [-0.25, -0.2) is 8.78 Å². The van der Waals surface area contributed by atoms with Gasteiger partial charge in [-0.05, 0) is 5.56 Å². The molecular weight excluding hydrogens is 268 g/mol. The second-order valence-corrected chi connectivity index (χ2v) is 4.24. The van der Waals surface area contributed by atoms with Crippen LogP contribution in [0.1, 0.15) is 12.0 Å². The van der Waals surface area contributed by atoms with E-state index in [2.05, 4.69) is 4.74 Å². The van der Waals surface area contributed by atoms with E-state index >= 15 is 0 Å². The summed E-state index contributed by atoms with van der Waals surface area (Å²) in [6.45, 7) is -0.250. The molecular formula is C14H19F2NO3. The lowest BCUT2D eigenvalue weighted by Crippen LogP contribution is -2.33. The van der Waals surface area contributed by atoms with E-state index in [0.29, 0.717) is 6.54 Å². The lowest BCUT2D eigenvalue weighted by atomic mass is 10.2. The van der Waals surface area contributed by atoms with Crippen LogP contribution in [-0.2, 0) is 16.1 Å². The molecule has 0 saturated heterocycles. The number of rotatable bonds is 9. The Balaban J connectivity index is 2.42. The zero-order valence-corrected chi connectivity index (χ0v) is 11.2. The van der Waals surface area contributed by atoms with Gasteiger partial charge in [0.15, 0.2) is 0 Å². The van der Waals surface area contributed by atoms with Gasteiger partial charge in [0.2, 0.25) is 5.91 Å². The number of aliphatic hydroxyl groups excluding tert-OH is 1. The van der Waals surface area contributed by atoms with Crippen LogP contribution in [0.15, 0.2) is 30.3 Å². The smallest absolute Gasteiger partial charge is 0.261 e. The number of hydrogen-bond donors (Lipinski definition) is 1. The number of benzene rings is 1. The van der Waals surface area contributed by atoms with Crippen molar-refractivity contribution in [3.05, 3.63) is 35.9 Å². The zero-order chi connectivity index (χ0) is 14.8. The van der Waals surface area contributed by atoms with Crippen molar-refractivity contribution in [3.63, 3.8) is 0 Å². The number of nitrogens with zero attached hydrogens (tertiary/aromatic N) is 1. The van der Waals surface area contributed by atoms with Crippen LogP contribution in [0.2, 0.25) is 0 Å². The number of amides is 1. The quantitative estimate of drug-likeness (QED) is 0.703. The van der Waals surface area contributed by atoms with Gasteiger partial charge in [-0.3, -0.25) is 4.79 Å². The zero-order valence-electron chi connectivity index (χ0n) is 11.2. The van der Waals surface area contributed by atoms with Crippen LogP contribution in [0.4, 0.5) is 8.78 Å². The number of halogens is 2. The molecule has 0 unspecified atom stereocenters. The van der Waals surface area contributed by atoms with Crippen LogP contribution < -0.4 is 0 Å². The molecule has 1 aromatic carbocycles. The Kier molecular flexibility index (Phi) is 7.75. The molecule has 20 heavy (non-hydrogen) atoms. The Morgan fingerprint density at radius 2 is 2.00 bits per heavy atom. The maximum atomic E-state index is 11.9. The van der Waals surface area contributed by atoms with E-state index in [4.69, 9.17) is 5.11 Å². The number of ether oxygens (including phenoxy) is 1. The van der Waals surface area contributed by atoms with Crippen molar-refractivity contribution in [2.24, 2.45) is 0 Å². The Morgan fingerprint density at radius 1 is 1.30 bits per heavy atom. The minimum absolute atomic E-state index is 0.0273. The molecule has 0 atom stereocenters. The van der Waals surface area contributed by atoms with Crippen LogP contribution in [0, 0.1) is 0 Å². The third-order valence-corrected chi connectivity index (χ3v) is 2.64. The molecule has 1 N–H and O–H groups in total. The summed E-state index contributed by atoms with van der Waals surface area (Å²) in [7, 11) is 0. The second kappa shape index (κ2) is 9.39. The van der Waals surface area contributed by atoms with Crippen molar-refractivity contribution >= 4 is 5.91 Å². The third-order valence-electron chi connectivity index (χ3n) is 2.64. The minimum Gasteiger partial charge on any atom is -0.395 e. The Hall–Kier alpha value is -1.53. The highest BCUT2D eigenvalue weighted by atomic mass is 19.3. The average Bonchev–Trinajstić information content (AvgIpc) is 2.44. The highest BCUT2D eigenvalue weighted by Crippen LogP contribution is 2.06. The molecule has 6 heteroatoms. The molecule has 0 heterocycles. The van der Waals surface area contributed by atoms with Crippen molar-refractivity contribution < 1.29 is 23.4 Å². The molecule has 112 valence electrons. The summed E-state index contributed by atoms with van der Waals surface area (Å²) in [6.07, 6.45) is -2.50. The van der Waals surface area contributed by atoms with Crippen LogP contribution in [0.5, 0.6) is 0 Å². The Morgan fingerprint density at radius 3 is 2.60 bits per heavy atom. The molecule has 0 spiro atoms. The number of carbonyl (C=O) groups is 1. The number of aliphatic hydroxyl groups is 1. The monoisotopic (exact) mass is 287 g/mol. The van der Waals surface area contributed by atoms with Gasteiger partial charge in [0.25, 0.3) is 6.43 Å². The summed E-state index contributed by atoms with van der Waals surface area (Å²) >= 11 is 0. The predicted molar refractivity (Wildman–Crippen MR) is 70.4 cm³/mol. The number of carbonyl (C=O) groups excluding carboxylic acids is 1. The van der Waals surface area contributed by atoms with E-state index in [1.807, 2.05) is 30.3 Å². The molecule has 1 aromatic rings. The van der Waals surface area contributed by atoms with Crippen molar-refractivity contribution in [2.45, 2.75) is 19.4 Å². The summed E-state index contributed by atoms with van der Waals surface area (Å²) in [5, 5.41) is 8.98. The van der Waals surface area contributed by atoms with Crippen molar-refractivity contribution in [1.82, 2.24) is 4.90 Å². The largest absolute Gasteiger partial charge is 0.395 e. The fourth-order valence-electron chi connectivity index (χ4n) is 1.71. The van der Waals surface area contributed by atoms with E-state index in [9.17, 15) is 13.6 Å². The highest BCUT2D eigenvalue weighted by Gasteiger charge is 2.13. The standard InChI is InChI=1S/C14H19F2NO3/c15-13(16)11-20-9-6-14(19)17(7-8-18)10-12-4-2-1-3-5-12/h1-5,13,18H,6-11H2. The van der Waals surface area contributed by atoms with Crippen molar-refractivity contribution in [1.29, 1.82) is 0 Å². The maximum Gasteiger partial charge on any atom is 0.261 e. The molecule has 4 nitrogen and oxygen atoms in total. The fraction of sp³-hybridized carbons (Fsp3) is 0.500.